The molecule has 14 nitrogen and oxygen atoms in total. The van der Waals surface area contributed by atoms with Crippen molar-refractivity contribution < 1.29 is 58.4 Å². The Labute approximate surface area is 266 Å². The molecule has 0 unspecified atom stereocenters. The van der Waals surface area contributed by atoms with E-state index in [0.717, 1.165) is 72.8 Å². The van der Waals surface area contributed by atoms with Crippen molar-refractivity contribution in [3.8, 4) is 0 Å². The van der Waals surface area contributed by atoms with Crippen molar-refractivity contribution in [1.82, 2.24) is 24.5 Å². The van der Waals surface area contributed by atoms with Crippen molar-refractivity contribution >= 4 is 26.0 Å². The van der Waals surface area contributed by atoms with Crippen molar-refractivity contribution in [2.75, 3.05) is 121 Å². The summed E-state index contributed by atoms with van der Waals surface area (Å²) in [5.74, 6) is -1.74. The molecule has 0 saturated heterocycles. The van der Waals surface area contributed by atoms with Gasteiger partial charge in [0.15, 0.2) is 0 Å². The molecule has 0 aromatic rings. The predicted molar refractivity (Wildman–Crippen MR) is 157 cm³/mol. The molecule has 6 N–H and O–H groups in total. The largest absolute Gasteiger partial charge is 1.00 e. The third-order valence-corrected chi connectivity index (χ3v) is 4.37. The third-order valence-electron chi connectivity index (χ3n) is 4.37. The van der Waals surface area contributed by atoms with E-state index >= 15 is 0 Å². The molecule has 0 fully saturated rings. The van der Waals surface area contributed by atoms with E-state index in [1.54, 1.807) is 0 Å². The minimum atomic E-state index is -0.639. The summed E-state index contributed by atoms with van der Waals surface area (Å²) in [5.41, 5.74) is 16.1. The zero-order chi connectivity index (χ0) is 31.2. The average Bonchev–Trinajstić information content (AvgIpc) is 2.83. The number of carbonyl (C=O) groups excluding carboxylic acids is 3. The summed E-state index contributed by atoms with van der Waals surface area (Å²) in [6.07, 6.45) is 0. The standard InChI is InChI=1S/C12H30N4.C6H18N4.C4H6O4.C2H3BO2.Na/c1-13(2)7-10-16(11-8-14(3)4)12-9-15(5)6;7-1-4-10(5-2-8)6-3-9;1-3(5)7-8-4(2)6;1-2(4)5-3;/h7-12H2,1-6H3;1-9H2;1-2H3;1H3;/q;;;-1;+1. The molecule has 0 aliphatic heterocycles. The van der Waals surface area contributed by atoms with E-state index in [0.29, 0.717) is 19.6 Å². The number of carbonyl (C=O) groups is 3. The maximum Gasteiger partial charge on any atom is 1.00 e. The number of likely N-dealkylation sites (N-methyl/N-ethyl adjacent to an activating group) is 3. The van der Waals surface area contributed by atoms with E-state index < -0.39 is 17.9 Å². The number of rotatable bonds is 15. The summed E-state index contributed by atoms with van der Waals surface area (Å²) in [6.45, 7) is 15.2. The zero-order valence-electron chi connectivity index (χ0n) is 27.0. The Bertz CT molecular complexity index is 525. The fourth-order valence-corrected chi connectivity index (χ4v) is 2.36. The average molecular weight is 588 g/mol. The third kappa shape index (κ3) is 53.4. The summed E-state index contributed by atoms with van der Waals surface area (Å²) in [7, 11) is 17.1. The van der Waals surface area contributed by atoms with E-state index in [9.17, 15) is 14.4 Å². The van der Waals surface area contributed by atoms with Gasteiger partial charge in [-0.1, -0.05) is 0 Å². The van der Waals surface area contributed by atoms with Crippen LogP contribution in [0, 0.1) is 0 Å². The van der Waals surface area contributed by atoms with Gasteiger partial charge < -0.3 is 44.6 Å². The Morgan fingerprint density at radius 1 is 0.525 bits per heavy atom. The van der Waals surface area contributed by atoms with Crippen LogP contribution in [-0.2, 0) is 28.8 Å². The summed E-state index contributed by atoms with van der Waals surface area (Å²) in [6, 6.07) is 0. The van der Waals surface area contributed by atoms with Gasteiger partial charge in [-0.25, -0.2) is 19.4 Å². The second-order valence-electron chi connectivity index (χ2n) is 9.22. The molecule has 40 heavy (non-hydrogen) atoms. The smallest absolute Gasteiger partial charge is 0.793 e. The van der Waals surface area contributed by atoms with Gasteiger partial charge in [-0.3, -0.25) is 14.6 Å². The van der Waals surface area contributed by atoms with Crippen LogP contribution >= 0.6 is 0 Å². The van der Waals surface area contributed by atoms with Gasteiger partial charge >= 0.3 is 41.5 Å². The van der Waals surface area contributed by atoms with Gasteiger partial charge in [0.2, 0.25) is 5.97 Å². The number of hydrogen-bond donors (Lipinski definition) is 3. The Morgan fingerprint density at radius 3 is 0.900 bits per heavy atom. The van der Waals surface area contributed by atoms with Crippen LogP contribution < -0.4 is 46.8 Å². The Balaban J connectivity index is -0.000000147. The van der Waals surface area contributed by atoms with Crippen LogP contribution in [0.2, 0.25) is 0 Å². The maximum absolute atomic E-state index is 9.85. The molecule has 16 heteroatoms. The summed E-state index contributed by atoms with van der Waals surface area (Å²) in [4.78, 5) is 48.2. The van der Waals surface area contributed by atoms with Gasteiger partial charge in [-0.15, -0.1) is 0 Å². The van der Waals surface area contributed by atoms with Crippen LogP contribution in [0.25, 0.3) is 0 Å². The fourth-order valence-electron chi connectivity index (χ4n) is 2.36. The molecule has 0 heterocycles. The molecule has 0 amide bonds. The molecular formula is C24H57BN8NaO6. The minimum Gasteiger partial charge on any atom is -0.793 e. The van der Waals surface area contributed by atoms with Gasteiger partial charge in [0.1, 0.15) is 0 Å². The Hall–Kier alpha value is -0.845. The van der Waals surface area contributed by atoms with E-state index in [1.165, 1.54) is 6.92 Å². The molecule has 0 aliphatic carbocycles. The van der Waals surface area contributed by atoms with Crippen molar-refractivity contribution in [2.24, 2.45) is 17.2 Å². The van der Waals surface area contributed by atoms with Crippen LogP contribution in [0.5, 0.6) is 0 Å². The van der Waals surface area contributed by atoms with Crippen LogP contribution in [0.3, 0.4) is 0 Å². The molecular weight excluding hydrogens is 530 g/mol. The second-order valence-corrected chi connectivity index (χ2v) is 9.22. The van der Waals surface area contributed by atoms with Gasteiger partial charge in [0.25, 0.3) is 0 Å². The second kappa shape index (κ2) is 36.2. The molecule has 0 spiro atoms. The van der Waals surface area contributed by atoms with Gasteiger partial charge in [0, 0.05) is 99.3 Å². The molecule has 0 aromatic carbocycles. The van der Waals surface area contributed by atoms with E-state index in [4.69, 9.17) is 17.2 Å². The van der Waals surface area contributed by atoms with Crippen LogP contribution in [0.1, 0.15) is 20.8 Å². The van der Waals surface area contributed by atoms with E-state index in [1.807, 2.05) is 0 Å². The summed E-state index contributed by atoms with van der Waals surface area (Å²) in [5, 5.41) is 0. The zero-order valence-corrected chi connectivity index (χ0v) is 29.0. The number of nitrogens with two attached hydrogens (primary N) is 3. The molecule has 0 aromatic heterocycles. The van der Waals surface area contributed by atoms with Crippen molar-refractivity contribution in [1.29, 1.82) is 0 Å². The van der Waals surface area contributed by atoms with E-state index in [-0.39, 0.29) is 29.6 Å². The van der Waals surface area contributed by atoms with Gasteiger partial charge in [0.05, 0.1) is 0 Å². The molecule has 0 bridgehead atoms. The molecule has 233 valence electrons. The van der Waals surface area contributed by atoms with Crippen LogP contribution in [0.4, 0.5) is 0 Å². The van der Waals surface area contributed by atoms with Gasteiger partial charge in [-0.05, 0) is 42.3 Å². The molecule has 0 atom stereocenters. The maximum atomic E-state index is 9.85. The summed E-state index contributed by atoms with van der Waals surface area (Å²) < 4.78 is 3.61. The molecule has 3 radical (unpaired) electrons. The first-order valence-corrected chi connectivity index (χ1v) is 12.9. The predicted octanol–water partition coefficient (Wildman–Crippen LogP) is -5.20. The monoisotopic (exact) mass is 587 g/mol. The molecule has 0 aliphatic rings. The first-order chi connectivity index (χ1) is 18.2. The minimum absolute atomic E-state index is 0. The fraction of sp³-hybridized carbons (Fsp3) is 0.875. The van der Waals surface area contributed by atoms with Crippen molar-refractivity contribution in [3.05, 3.63) is 0 Å². The quantitative estimate of drug-likeness (QED) is 0.0943. The summed E-state index contributed by atoms with van der Waals surface area (Å²) >= 11 is 0. The first kappa shape index (κ1) is 48.9. The van der Waals surface area contributed by atoms with Crippen LogP contribution in [0.15, 0.2) is 0 Å². The Morgan fingerprint density at radius 2 is 0.750 bits per heavy atom. The normalized spacial score (nSPS) is 10.1. The SMILES string of the molecule is CC(=O)OOC(C)=O.CN(C)CCN(CCN(C)C)CCN(C)C.NCCN(CCN)CCN.[B-]OC(C)=O.[Na+]. The van der Waals surface area contributed by atoms with Crippen molar-refractivity contribution in [2.45, 2.75) is 20.8 Å². The Kier molecular flexibility index (Phi) is 44.2. The number of hydrogen-bond acceptors (Lipinski definition) is 14. The topological polar surface area (TPSA) is 173 Å². The molecule has 0 rings (SSSR count). The van der Waals surface area contributed by atoms with Gasteiger partial charge in [-0.2, -0.15) is 0 Å². The molecule has 0 saturated carbocycles. The first-order valence-electron chi connectivity index (χ1n) is 12.9. The number of nitrogens with zero attached hydrogens (tertiary/aromatic N) is 5. The van der Waals surface area contributed by atoms with Crippen molar-refractivity contribution in [3.63, 3.8) is 0 Å². The van der Waals surface area contributed by atoms with Crippen LogP contribution in [-0.4, -0.2) is 171 Å². The van der Waals surface area contributed by atoms with E-state index in [2.05, 4.69) is 89.3 Å².